The second kappa shape index (κ2) is 4.06. The van der Waals surface area contributed by atoms with Crippen LogP contribution in [0.25, 0.3) is 5.52 Å². The molecule has 1 unspecified atom stereocenters. The highest BCUT2D eigenvalue weighted by Crippen LogP contribution is 2.34. The SMILES string of the molecule is O=C(O)c1cccn2c(C3CCCS3(=O)=O)ncc12. The van der Waals surface area contributed by atoms with Gasteiger partial charge < -0.3 is 9.51 Å². The Hall–Kier alpha value is -1.89. The van der Waals surface area contributed by atoms with Gasteiger partial charge >= 0.3 is 5.97 Å². The maximum absolute atomic E-state index is 12.0. The van der Waals surface area contributed by atoms with Gasteiger partial charge in [-0.3, -0.25) is 0 Å². The molecule has 0 amide bonds. The van der Waals surface area contributed by atoms with E-state index in [1.807, 2.05) is 0 Å². The molecule has 0 saturated carbocycles. The minimum Gasteiger partial charge on any atom is -0.478 e. The maximum Gasteiger partial charge on any atom is 0.337 e. The Morgan fingerprint density at radius 1 is 1.47 bits per heavy atom. The van der Waals surface area contributed by atoms with Gasteiger partial charge in [-0.1, -0.05) is 0 Å². The maximum atomic E-state index is 12.0. The fourth-order valence-electron chi connectivity index (χ4n) is 2.54. The molecule has 3 rings (SSSR count). The first-order chi connectivity index (χ1) is 9.00. The molecule has 1 atom stereocenters. The van der Waals surface area contributed by atoms with E-state index in [0.717, 1.165) is 0 Å². The Bertz CT molecular complexity index is 763. The van der Waals surface area contributed by atoms with Crippen LogP contribution in [0.5, 0.6) is 0 Å². The molecule has 0 radical (unpaired) electrons. The molecule has 100 valence electrons. The van der Waals surface area contributed by atoms with Gasteiger partial charge in [-0.2, -0.15) is 0 Å². The van der Waals surface area contributed by atoms with Gasteiger partial charge in [0.2, 0.25) is 0 Å². The zero-order valence-corrected chi connectivity index (χ0v) is 10.8. The average molecular weight is 280 g/mol. The number of sulfone groups is 1. The lowest BCUT2D eigenvalue weighted by molar-refractivity contribution is 0.0698. The van der Waals surface area contributed by atoms with Crippen molar-refractivity contribution in [3.63, 3.8) is 0 Å². The summed E-state index contributed by atoms with van der Waals surface area (Å²) in [6.07, 6.45) is 4.24. The summed E-state index contributed by atoms with van der Waals surface area (Å²) in [6, 6.07) is 3.06. The largest absolute Gasteiger partial charge is 0.478 e. The van der Waals surface area contributed by atoms with Crippen molar-refractivity contribution in [2.24, 2.45) is 0 Å². The van der Waals surface area contributed by atoms with Crippen molar-refractivity contribution in [3.05, 3.63) is 35.9 Å². The molecule has 2 aromatic rings. The lowest BCUT2D eigenvalue weighted by atomic mass is 10.2. The van der Waals surface area contributed by atoms with Gasteiger partial charge in [-0.25, -0.2) is 18.2 Å². The van der Waals surface area contributed by atoms with Crippen LogP contribution in [-0.2, 0) is 9.84 Å². The van der Waals surface area contributed by atoms with Gasteiger partial charge in [0.15, 0.2) is 9.84 Å². The minimum absolute atomic E-state index is 0.122. The highest BCUT2D eigenvalue weighted by Gasteiger charge is 2.35. The number of carboxylic acids is 1. The van der Waals surface area contributed by atoms with Crippen LogP contribution >= 0.6 is 0 Å². The lowest BCUT2D eigenvalue weighted by Crippen LogP contribution is -2.11. The Kier molecular flexibility index (Phi) is 2.60. The molecular formula is C12H12N2O4S. The zero-order valence-electron chi connectivity index (χ0n) is 9.98. The first-order valence-electron chi connectivity index (χ1n) is 5.91. The first-order valence-corrected chi connectivity index (χ1v) is 7.63. The van der Waals surface area contributed by atoms with Crippen LogP contribution in [0.4, 0.5) is 0 Å². The number of hydrogen-bond donors (Lipinski definition) is 1. The Morgan fingerprint density at radius 3 is 2.89 bits per heavy atom. The third-order valence-corrected chi connectivity index (χ3v) is 5.62. The Morgan fingerprint density at radius 2 is 2.26 bits per heavy atom. The van der Waals surface area contributed by atoms with Crippen LogP contribution in [0.15, 0.2) is 24.5 Å². The first kappa shape index (κ1) is 12.2. The van der Waals surface area contributed by atoms with Crippen molar-refractivity contribution < 1.29 is 18.3 Å². The summed E-state index contributed by atoms with van der Waals surface area (Å²) in [5.74, 6) is -0.465. The van der Waals surface area contributed by atoms with E-state index in [1.165, 1.54) is 12.3 Å². The number of carbonyl (C=O) groups is 1. The number of aromatic nitrogens is 2. The molecule has 19 heavy (non-hydrogen) atoms. The molecule has 0 aromatic carbocycles. The summed E-state index contributed by atoms with van der Waals surface area (Å²) in [4.78, 5) is 15.2. The summed E-state index contributed by atoms with van der Waals surface area (Å²) < 4.78 is 25.5. The van der Waals surface area contributed by atoms with Gasteiger partial charge in [0.25, 0.3) is 0 Å². The predicted octanol–water partition coefficient (Wildman–Crippen LogP) is 1.28. The third-order valence-electron chi connectivity index (χ3n) is 3.45. The topological polar surface area (TPSA) is 88.7 Å². The number of pyridine rings is 1. The van der Waals surface area contributed by atoms with Gasteiger partial charge in [0, 0.05) is 6.20 Å². The van der Waals surface area contributed by atoms with Crippen LogP contribution in [0.2, 0.25) is 0 Å². The van der Waals surface area contributed by atoms with Crippen LogP contribution in [-0.4, -0.2) is 34.6 Å². The molecular weight excluding hydrogens is 268 g/mol. The van der Waals surface area contributed by atoms with E-state index < -0.39 is 21.1 Å². The summed E-state index contributed by atoms with van der Waals surface area (Å²) in [6.45, 7) is 0. The van der Waals surface area contributed by atoms with Gasteiger partial charge in [-0.15, -0.1) is 0 Å². The van der Waals surface area contributed by atoms with E-state index >= 15 is 0 Å². The highest BCUT2D eigenvalue weighted by atomic mass is 32.2. The van der Waals surface area contributed by atoms with E-state index in [2.05, 4.69) is 4.98 Å². The van der Waals surface area contributed by atoms with Crippen molar-refractivity contribution in [1.82, 2.24) is 9.38 Å². The van der Waals surface area contributed by atoms with Crippen molar-refractivity contribution in [2.75, 3.05) is 5.75 Å². The zero-order chi connectivity index (χ0) is 13.6. The van der Waals surface area contributed by atoms with Crippen molar-refractivity contribution in [3.8, 4) is 0 Å². The molecule has 1 aliphatic heterocycles. The quantitative estimate of drug-likeness (QED) is 0.895. The smallest absolute Gasteiger partial charge is 0.337 e. The summed E-state index contributed by atoms with van der Waals surface area (Å²) in [7, 11) is -3.17. The molecule has 1 aliphatic rings. The monoisotopic (exact) mass is 280 g/mol. The molecule has 7 heteroatoms. The summed E-state index contributed by atoms with van der Waals surface area (Å²) in [5, 5.41) is 8.47. The summed E-state index contributed by atoms with van der Waals surface area (Å²) >= 11 is 0. The molecule has 1 N–H and O–H groups in total. The summed E-state index contributed by atoms with van der Waals surface area (Å²) in [5.41, 5.74) is 0.545. The van der Waals surface area contributed by atoms with Crippen molar-refractivity contribution >= 4 is 21.3 Å². The normalized spacial score (nSPS) is 21.8. The van der Waals surface area contributed by atoms with E-state index in [1.54, 1.807) is 16.7 Å². The number of carboxylic acid groups (broad SMARTS) is 1. The van der Waals surface area contributed by atoms with Gasteiger partial charge in [0.1, 0.15) is 11.1 Å². The average Bonchev–Trinajstić information content (AvgIpc) is 2.91. The van der Waals surface area contributed by atoms with E-state index in [-0.39, 0.29) is 11.3 Å². The Labute approximate surface area is 109 Å². The predicted molar refractivity (Wildman–Crippen MR) is 67.9 cm³/mol. The number of hydrogen-bond acceptors (Lipinski definition) is 4. The fourth-order valence-corrected chi connectivity index (χ4v) is 4.42. The van der Waals surface area contributed by atoms with Crippen molar-refractivity contribution in [1.29, 1.82) is 0 Å². The molecule has 0 aliphatic carbocycles. The highest BCUT2D eigenvalue weighted by molar-refractivity contribution is 7.91. The fraction of sp³-hybridized carbons (Fsp3) is 0.333. The minimum atomic E-state index is -3.17. The molecule has 1 saturated heterocycles. The van der Waals surface area contributed by atoms with Crippen LogP contribution in [0, 0.1) is 0 Å². The molecule has 0 bridgehead atoms. The number of rotatable bonds is 2. The number of aromatic carboxylic acids is 1. The number of nitrogens with zero attached hydrogens (tertiary/aromatic N) is 2. The molecule has 0 spiro atoms. The molecule has 6 nitrogen and oxygen atoms in total. The number of fused-ring (bicyclic) bond motifs is 1. The molecule has 2 aromatic heterocycles. The van der Waals surface area contributed by atoms with Crippen LogP contribution < -0.4 is 0 Å². The number of imidazole rings is 1. The standard InChI is InChI=1S/C12H12N2O4S/c15-12(16)8-3-1-5-14-9(8)7-13-11(14)10-4-2-6-19(10,17)18/h1,3,5,7,10H,2,4,6H2,(H,15,16). The molecule has 3 heterocycles. The molecule has 1 fully saturated rings. The third kappa shape index (κ3) is 1.81. The van der Waals surface area contributed by atoms with Gasteiger partial charge in [-0.05, 0) is 25.0 Å². The van der Waals surface area contributed by atoms with Crippen LogP contribution in [0.1, 0.15) is 34.3 Å². The van der Waals surface area contributed by atoms with Crippen molar-refractivity contribution in [2.45, 2.75) is 18.1 Å². The lowest BCUT2D eigenvalue weighted by Gasteiger charge is -2.08. The van der Waals surface area contributed by atoms with E-state index in [9.17, 15) is 13.2 Å². The van der Waals surface area contributed by atoms with Crippen LogP contribution in [0.3, 0.4) is 0 Å². The van der Waals surface area contributed by atoms with E-state index in [4.69, 9.17) is 5.11 Å². The van der Waals surface area contributed by atoms with E-state index in [0.29, 0.717) is 24.2 Å². The second-order valence-electron chi connectivity index (χ2n) is 4.60. The Balaban J connectivity index is 2.22. The van der Waals surface area contributed by atoms with Gasteiger partial charge in [0.05, 0.1) is 23.0 Å². The second-order valence-corrected chi connectivity index (χ2v) is 6.90.